The van der Waals surface area contributed by atoms with Crippen molar-refractivity contribution < 1.29 is 13.2 Å². The molecule has 0 fully saturated rings. The Kier molecular flexibility index (Phi) is 7.56. The minimum absolute atomic E-state index is 0.0363. The standard InChI is InChI=1S/C29H31N7O3S/c1-30-23-12-13-25-27(35-29(36(25)2)32-17-19-8-10-22(39-3)11-9-19)26(23)24-14-15-31-28(34-24)33-21-7-5-6-20(16-21)18-40(4,37)38/h5-16,30H,17-18H2,1-4H3,(H,32,35)(H,31,33,34). The Morgan fingerprint density at radius 2 is 1.77 bits per heavy atom. The van der Waals surface area contributed by atoms with Gasteiger partial charge < -0.3 is 25.3 Å². The Morgan fingerprint density at radius 1 is 0.975 bits per heavy atom. The first kappa shape index (κ1) is 26.9. The third-order valence-corrected chi connectivity index (χ3v) is 7.31. The van der Waals surface area contributed by atoms with Crippen molar-refractivity contribution in [1.29, 1.82) is 0 Å². The summed E-state index contributed by atoms with van der Waals surface area (Å²) in [4.78, 5) is 14.1. The number of imidazole rings is 1. The van der Waals surface area contributed by atoms with Crippen LogP contribution in [0.4, 0.5) is 23.3 Å². The quantitative estimate of drug-likeness (QED) is 0.218. The fourth-order valence-electron chi connectivity index (χ4n) is 4.54. The summed E-state index contributed by atoms with van der Waals surface area (Å²) in [6, 6.07) is 21.0. The van der Waals surface area contributed by atoms with Gasteiger partial charge >= 0.3 is 0 Å². The van der Waals surface area contributed by atoms with E-state index < -0.39 is 9.84 Å². The highest BCUT2D eigenvalue weighted by Crippen LogP contribution is 2.35. The highest BCUT2D eigenvalue weighted by Gasteiger charge is 2.18. The van der Waals surface area contributed by atoms with Crippen molar-refractivity contribution in [3.8, 4) is 17.0 Å². The summed E-state index contributed by atoms with van der Waals surface area (Å²) in [7, 11) is 2.35. The minimum Gasteiger partial charge on any atom is -0.497 e. The molecule has 3 aromatic carbocycles. The third kappa shape index (κ3) is 5.99. The number of nitrogens with one attached hydrogen (secondary N) is 3. The van der Waals surface area contributed by atoms with Crippen LogP contribution >= 0.6 is 0 Å². The summed E-state index contributed by atoms with van der Waals surface area (Å²) in [5, 5.41) is 9.91. The number of ether oxygens (including phenoxy) is 1. The molecule has 10 nitrogen and oxygen atoms in total. The smallest absolute Gasteiger partial charge is 0.227 e. The molecule has 0 aliphatic rings. The van der Waals surface area contributed by atoms with Crippen molar-refractivity contribution in [2.75, 3.05) is 36.4 Å². The molecule has 2 heterocycles. The summed E-state index contributed by atoms with van der Waals surface area (Å²) in [5.41, 5.74) is 6.67. The topological polar surface area (TPSA) is 123 Å². The second-order valence-corrected chi connectivity index (χ2v) is 11.6. The molecule has 0 saturated heterocycles. The Labute approximate surface area is 233 Å². The second kappa shape index (κ2) is 11.2. The van der Waals surface area contributed by atoms with Crippen LogP contribution in [0.15, 0.2) is 72.9 Å². The van der Waals surface area contributed by atoms with Crippen LogP contribution in [0.25, 0.3) is 22.3 Å². The van der Waals surface area contributed by atoms with Crippen molar-refractivity contribution >= 4 is 44.1 Å². The van der Waals surface area contributed by atoms with Crippen LogP contribution in [0, 0.1) is 0 Å². The fraction of sp³-hybridized carbons (Fsp3) is 0.207. The van der Waals surface area contributed by atoms with Crippen LogP contribution in [0.5, 0.6) is 5.75 Å². The molecule has 0 bridgehead atoms. The van der Waals surface area contributed by atoms with E-state index in [0.29, 0.717) is 29.4 Å². The predicted molar refractivity (Wildman–Crippen MR) is 160 cm³/mol. The van der Waals surface area contributed by atoms with Gasteiger partial charge in [-0.15, -0.1) is 0 Å². The summed E-state index contributed by atoms with van der Waals surface area (Å²) in [5.74, 6) is 1.90. The molecular formula is C29H31N7O3S. The van der Waals surface area contributed by atoms with Crippen molar-refractivity contribution in [3.63, 3.8) is 0 Å². The molecule has 206 valence electrons. The maximum Gasteiger partial charge on any atom is 0.227 e. The molecule has 0 unspecified atom stereocenters. The number of nitrogens with zero attached hydrogens (tertiary/aromatic N) is 4. The molecule has 3 N–H and O–H groups in total. The zero-order valence-corrected chi connectivity index (χ0v) is 23.6. The van der Waals surface area contributed by atoms with Crippen LogP contribution < -0.4 is 20.7 Å². The zero-order valence-electron chi connectivity index (χ0n) is 22.8. The molecule has 0 atom stereocenters. The average molecular weight is 558 g/mol. The van der Waals surface area contributed by atoms with Gasteiger partial charge in [0.25, 0.3) is 0 Å². The van der Waals surface area contributed by atoms with Crippen LogP contribution in [0.2, 0.25) is 0 Å². The van der Waals surface area contributed by atoms with Gasteiger partial charge in [-0.3, -0.25) is 0 Å². The molecule has 40 heavy (non-hydrogen) atoms. The van der Waals surface area contributed by atoms with E-state index in [2.05, 4.69) is 20.9 Å². The number of rotatable bonds is 10. The molecule has 11 heteroatoms. The monoisotopic (exact) mass is 557 g/mol. The Balaban J connectivity index is 1.46. The molecule has 5 aromatic rings. The minimum atomic E-state index is -3.15. The van der Waals surface area contributed by atoms with Gasteiger partial charge in [-0.2, -0.15) is 0 Å². The van der Waals surface area contributed by atoms with E-state index >= 15 is 0 Å². The summed E-state index contributed by atoms with van der Waals surface area (Å²) in [6.45, 7) is 0.606. The Morgan fingerprint density at radius 3 is 2.50 bits per heavy atom. The number of aromatic nitrogens is 4. The van der Waals surface area contributed by atoms with E-state index in [1.807, 2.05) is 67.2 Å². The van der Waals surface area contributed by atoms with Gasteiger partial charge in [-0.25, -0.2) is 23.4 Å². The van der Waals surface area contributed by atoms with Gasteiger partial charge in [0.05, 0.1) is 29.6 Å². The molecule has 0 radical (unpaired) electrons. The Bertz CT molecular complexity index is 1770. The van der Waals surface area contributed by atoms with E-state index in [-0.39, 0.29) is 5.75 Å². The van der Waals surface area contributed by atoms with Gasteiger partial charge in [-0.1, -0.05) is 24.3 Å². The lowest BCUT2D eigenvalue weighted by Gasteiger charge is -2.12. The molecule has 0 amide bonds. The number of benzene rings is 3. The molecule has 0 saturated carbocycles. The van der Waals surface area contributed by atoms with Crippen molar-refractivity contribution in [2.45, 2.75) is 12.3 Å². The fourth-order valence-corrected chi connectivity index (χ4v) is 5.32. The number of fused-ring (bicyclic) bond motifs is 1. The zero-order chi connectivity index (χ0) is 28.3. The van der Waals surface area contributed by atoms with E-state index in [1.165, 1.54) is 6.26 Å². The number of hydrogen-bond donors (Lipinski definition) is 3. The molecule has 0 aliphatic heterocycles. The molecule has 0 aliphatic carbocycles. The van der Waals surface area contributed by atoms with Crippen LogP contribution in [0.1, 0.15) is 11.1 Å². The normalized spacial score (nSPS) is 11.4. The number of aryl methyl sites for hydroxylation is 1. The highest BCUT2D eigenvalue weighted by atomic mass is 32.2. The number of hydrogen-bond acceptors (Lipinski definition) is 9. The second-order valence-electron chi connectivity index (χ2n) is 9.46. The largest absolute Gasteiger partial charge is 0.497 e. The highest BCUT2D eigenvalue weighted by molar-refractivity contribution is 7.89. The van der Waals surface area contributed by atoms with Crippen LogP contribution in [0.3, 0.4) is 0 Å². The van der Waals surface area contributed by atoms with Gasteiger partial charge in [-0.05, 0) is 53.6 Å². The first-order valence-corrected chi connectivity index (χ1v) is 14.7. The lowest BCUT2D eigenvalue weighted by molar-refractivity contribution is 0.414. The van der Waals surface area contributed by atoms with E-state index in [0.717, 1.165) is 39.5 Å². The molecule has 2 aromatic heterocycles. The summed E-state index contributed by atoms with van der Waals surface area (Å²) < 4.78 is 30.7. The number of sulfone groups is 1. The molecular weight excluding hydrogens is 526 g/mol. The van der Waals surface area contributed by atoms with E-state index in [9.17, 15) is 8.42 Å². The predicted octanol–water partition coefficient (Wildman–Crippen LogP) is 4.98. The van der Waals surface area contributed by atoms with Crippen molar-refractivity contribution in [2.24, 2.45) is 7.05 Å². The maximum absolute atomic E-state index is 11.7. The summed E-state index contributed by atoms with van der Waals surface area (Å²) in [6.07, 6.45) is 2.91. The van der Waals surface area contributed by atoms with Crippen molar-refractivity contribution in [1.82, 2.24) is 19.5 Å². The molecule has 0 spiro atoms. The SMILES string of the molecule is CNc1ccc2c(nc(NCc3ccc(OC)cc3)n2C)c1-c1ccnc(Nc2cccc(CS(C)(=O)=O)c2)n1. The number of methoxy groups -OCH3 is 1. The molecule has 5 rings (SSSR count). The summed E-state index contributed by atoms with van der Waals surface area (Å²) >= 11 is 0. The third-order valence-electron chi connectivity index (χ3n) is 6.46. The van der Waals surface area contributed by atoms with Gasteiger partial charge in [0.1, 0.15) is 11.3 Å². The number of anilines is 4. The lowest BCUT2D eigenvalue weighted by Crippen LogP contribution is -2.04. The first-order chi connectivity index (χ1) is 19.2. The van der Waals surface area contributed by atoms with Crippen LogP contribution in [-0.4, -0.2) is 48.4 Å². The van der Waals surface area contributed by atoms with Gasteiger partial charge in [0, 0.05) is 44.5 Å². The lowest BCUT2D eigenvalue weighted by atomic mass is 10.1. The van der Waals surface area contributed by atoms with Gasteiger partial charge in [0.2, 0.25) is 11.9 Å². The maximum atomic E-state index is 11.7. The Hall–Kier alpha value is -4.64. The van der Waals surface area contributed by atoms with Crippen molar-refractivity contribution in [3.05, 3.63) is 84.1 Å². The average Bonchev–Trinajstić information content (AvgIpc) is 3.26. The van der Waals surface area contributed by atoms with E-state index in [4.69, 9.17) is 14.7 Å². The van der Waals surface area contributed by atoms with Gasteiger partial charge in [0.15, 0.2) is 9.84 Å². The van der Waals surface area contributed by atoms with E-state index in [1.54, 1.807) is 31.5 Å². The van der Waals surface area contributed by atoms with Crippen LogP contribution in [-0.2, 0) is 29.2 Å². The first-order valence-electron chi connectivity index (χ1n) is 12.6.